The van der Waals surface area contributed by atoms with Crippen molar-refractivity contribution in [1.82, 2.24) is 5.32 Å². The number of hydrogen-bond donors (Lipinski definition) is 1. The molecule has 0 fully saturated rings. The molecule has 0 heterocycles. The van der Waals surface area contributed by atoms with Gasteiger partial charge in [0.05, 0.1) is 0 Å². The first-order chi connectivity index (χ1) is 8.84. The monoisotopic (exact) mass is 241 g/mol. The molecule has 0 aliphatic heterocycles. The molecule has 2 heteroatoms. The molecule has 94 valence electrons. The first-order valence-corrected chi connectivity index (χ1v) is 6.30. The number of ether oxygens (including phenoxy) is 1. The van der Waals surface area contributed by atoms with E-state index in [0.29, 0.717) is 12.6 Å². The minimum absolute atomic E-state index is 0.324. The van der Waals surface area contributed by atoms with Crippen molar-refractivity contribution in [2.24, 2.45) is 0 Å². The summed E-state index contributed by atoms with van der Waals surface area (Å²) in [5, 5.41) is 3.44. The largest absolute Gasteiger partial charge is 0.492 e. The van der Waals surface area contributed by atoms with Gasteiger partial charge in [-0.05, 0) is 24.6 Å². The summed E-state index contributed by atoms with van der Waals surface area (Å²) in [4.78, 5) is 0. The maximum atomic E-state index is 5.69. The molecule has 0 aromatic heterocycles. The van der Waals surface area contributed by atoms with Crippen molar-refractivity contribution in [3.63, 3.8) is 0 Å². The molecule has 0 aliphatic rings. The highest BCUT2D eigenvalue weighted by Gasteiger charge is 2.02. The van der Waals surface area contributed by atoms with E-state index in [0.717, 1.165) is 12.3 Å². The average molecular weight is 241 g/mol. The molecule has 0 saturated carbocycles. The second kappa shape index (κ2) is 6.82. The van der Waals surface area contributed by atoms with Crippen LogP contribution < -0.4 is 10.1 Å². The first kappa shape index (κ1) is 12.7. The van der Waals surface area contributed by atoms with Gasteiger partial charge in [-0.15, -0.1) is 0 Å². The molecule has 0 saturated heterocycles. The van der Waals surface area contributed by atoms with E-state index in [9.17, 15) is 0 Å². The summed E-state index contributed by atoms with van der Waals surface area (Å²) in [7, 11) is 0. The molecule has 2 aromatic rings. The summed E-state index contributed by atoms with van der Waals surface area (Å²) in [6.07, 6.45) is 0. The van der Waals surface area contributed by atoms with Gasteiger partial charge in [-0.25, -0.2) is 0 Å². The number of hydrogen-bond acceptors (Lipinski definition) is 2. The van der Waals surface area contributed by atoms with Gasteiger partial charge in [-0.1, -0.05) is 48.5 Å². The summed E-state index contributed by atoms with van der Waals surface area (Å²) >= 11 is 0. The molecule has 0 bridgehead atoms. The number of nitrogens with one attached hydrogen (secondary N) is 1. The Labute approximate surface area is 109 Å². The van der Waals surface area contributed by atoms with Crippen molar-refractivity contribution >= 4 is 0 Å². The van der Waals surface area contributed by atoms with Gasteiger partial charge in [0, 0.05) is 12.6 Å². The van der Waals surface area contributed by atoms with Crippen LogP contribution in [0.3, 0.4) is 0 Å². The standard InChI is InChI=1S/C16H19NO/c1-14(13-18-16-10-6-3-7-11-16)17-12-15-8-4-2-5-9-15/h2-11,14,17H,12-13H2,1H3/t14-/m1/s1. The summed E-state index contributed by atoms with van der Waals surface area (Å²) in [6, 6.07) is 20.6. The van der Waals surface area contributed by atoms with Gasteiger partial charge in [0.25, 0.3) is 0 Å². The van der Waals surface area contributed by atoms with Crippen LogP contribution in [0, 0.1) is 0 Å². The molecule has 2 nitrogen and oxygen atoms in total. The Balaban J connectivity index is 1.71. The smallest absolute Gasteiger partial charge is 0.119 e. The van der Waals surface area contributed by atoms with Gasteiger partial charge in [0.2, 0.25) is 0 Å². The SMILES string of the molecule is C[C@H](COc1ccccc1)NCc1ccccc1. The van der Waals surface area contributed by atoms with Crippen molar-refractivity contribution in [2.75, 3.05) is 6.61 Å². The highest BCUT2D eigenvalue weighted by atomic mass is 16.5. The van der Waals surface area contributed by atoms with Crippen LogP contribution in [0.5, 0.6) is 5.75 Å². The van der Waals surface area contributed by atoms with Crippen molar-refractivity contribution in [3.05, 3.63) is 66.2 Å². The lowest BCUT2D eigenvalue weighted by Gasteiger charge is -2.15. The van der Waals surface area contributed by atoms with E-state index in [2.05, 4.69) is 36.5 Å². The third-order valence-electron chi connectivity index (χ3n) is 2.74. The molecule has 2 aromatic carbocycles. The lowest BCUT2D eigenvalue weighted by molar-refractivity contribution is 0.272. The van der Waals surface area contributed by atoms with Gasteiger partial charge in [-0.3, -0.25) is 0 Å². The molecule has 0 amide bonds. The second-order valence-corrected chi connectivity index (χ2v) is 4.39. The van der Waals surface area contributed by atoms with Crippen molar-refractivity contribution in [3.8, 4) is 5.75 Å². The van der Waals surface area contributed by atoms with Gasteiger partial charge in [0.1, 0.15) is 12.4 Å². The lowest BCUT2D eigenvalue weighted by atomic mass is 10.2. The fourth-order valence-corrected chi connectivity index (χ4v) is 1.68. The molecular formula is C16H19NO. The molecule has 2 rings (SSSR count). The van der Waals surface area contributed by atoms with Gasteiger partial charge < -0.3 is 10.1 Å². The maximum absolute atomic E-state index is 5.69. The number of benzene rings is 2. The van der Waals surface area contributed by atoms with Crippen molar-refractivity contribution < 1.29 is 4.74 Å². The summed E-state index contributed by atoms with van der Waals surface area (Å²) < 4.78 is 5.69. The second-order valence-electron chi connectivity index (χ2n) is 4.39. The van der Waals surface area contributed by atoms with Crippen LogP contribution in [0.1, 0.15) is 12.5 Å². The third-order valence-corrected chi connectivity index (χ3v) is 2.74. The molecule has 0 radical (unpaired) electrons. The van der Waals surface area contributed by atoms with E-state index < -0.39 is 0 Å². The van der Waals surface area contributed by atoms with E-state index in [4.69, 9.17) is 4.74 Å². The number of rotatable bonds is 6. The van der Waals surface area contributed by atoms with Crippen LogP contribution in [0.25, 0.3) is 0 Å². The topological polar surface area (TPSA) is 21.3 Å². The Morgan fingerprint density at radius 1 is 0.944 bits per heavy atom. The minimum atomic E-state index is 0.324. The highest BCUT2D eigenvalue weighted by Crippen LogP contribution is 2.08. The van der Waals surface area contributed by atoms with Crippen LogP contribution in [-0.2, 0) is 6.54 Å². The van der Waals surface area contributed by atoms with E-state index >= 15 is 0 Å². The Kier molecular flexibility index (Phi) is 4.79. The van der Waals surface area contributed by atoms with Crippen LogP contribution >= 0.6 is 0 Å². The van der Waals surface area contributed by atoms with Gasteiger partial charge in [-0.2, -0.15) is 0 Å². The quantitative estimate of drug-likeness (QED) is 0.838. The Morgan fingerprint density at radius 2 is 1.56 bits per heavy atom. The third kappa shape index (κ3) is 4.22. The zero-order valence-corrected chi connectivity index (χ0v) is 10.7. The first-order valence-electron chi connectivity index (χ1n) is 6.30. The Hall–Kier alpha value is -1.80. The van der Waals surface area contributed by atoms with E-state index in [1.807, 2.05) is 36.4 Å². The van der Waals surface area contributed by atoms with Crippen LogP contribution in [0.4, 0.5) is 0 Å². The van der Waals surface area contributed by atoms with E-state index in [-0.39, 0.29) is 0 Å². The fourth-order valence-electron chi connectivity index (χ4n) is 1.68. The normalized spacial score (nSPS) is 12.1. The molecule has 0 aliphatic carbocycles. The summed E-state index contributed by atoms with van der Waals surface area (Å²) in [5.41, 5.74) is 1.30. The minimum Gasteiger partial charge on any atom is -0.492 e. The summed E-state index contributed by atoms with van der Waals surface area (Å²) in [6.45, 7) is 3.68. The summed E-state index contributed by atoms with van der Waals surface area (Å²) in [5.74, 6) is 0.922. The highest BCUT2D eigenvalue weighted by molar-refractivity contribution is 5.21. The molecule has 1 atom stereocenters. The van der Waals surface area contributed by atoms with E-state index in [1.54, 1.807) is 0 Å². The van der Waals surface area contributed by atoms with Crippen LogP contribution in [0.2, 0.25) is 0 Å². The van der Waals surface area contributed by atoms with Gasteiger partial charge in [0.15, 0.2) is 0 Å². The Morgan fingerprint density at radius 3 is 2.22 bits per heavy atom. The lowest BCUT2D eigenvalue weighted by Crippen LogP contribution is -2.31. The molecule has 1 N–H and O–H groups in total. The Bertz CT molecular complexity index is 398. The average Bonchev–Trinajstić information content (AvgIpc) is 2.45. The molecule has 0 spiro atoms. The zero-order valence-electron chi connectivity index (χ0n) is 10.7. The molecular weight excluding hydrogens is 222 g/mol. The fraction of sp³-hybridized carbons (Fsp3) is 0.250. The predicted molar refractivity (Wildman–Crippen MR) is 74.7 cm³/mol. The van der Waals surface area contributed by atoms with Crippen molar-refractivity contribution in [1.29, 1.82) is 0 Å². The predicted octanol–water partition coefficient (Wildman–Crippen LogP) is 3.24. The zero-order chi connectivity index (χ0) is 12.6. The van der Waals surface area contributed by atoms with Crippen molar-refractivity contribution in [2.45, 2.75) is 19.5 Å². The van der Waals surface area contributed by atoms with Crippen LogP contribution in [-0.4, -0.2) is 12.6 Å². The molecule has 18 heavy (non-hydrogen) atoms. The number of para-hydroxylation sites is 1. The maximum Gasteiger partial charge on any atom is 0.119 e. The molecule has 0 unspecified atom stereocenters. The van der Waals surface area contributed by atoms with Gasteiger partial charge >= 0.3 is 0 Å². The van der Waals surface area contributed by atoms with Crippen LogP contribution in [0.15, 0.2) is 60.7 Å². The van der Waals surface area contributed by atoms with E-state index in [1.165, 1.54) is 5.56 Å².